The van der Waals surface area contributed by atoms with E-state index in [9.17, 15) is 14.4 Å². The highest BCUT2D eigenvalue weighted by molar-refractivity contribution is 6.09. The first-order valence-electron chi connectivity index (χ1n) is 6.77. The molecule has 3 aromatic rings. The molecule has 23 heavy (non-hydrogen) atoms. The van der Waals surface area contributed by atoms with Gasteiger partial charge in [-0.2, -0.15) is 0 Å². The second-order valence-corrected chi connectivity index (χ2v) is 4.97. The zero-order valence-corrected chi connectivity index (χ0v) is 12.2. The van der Waals surface area contributed by atoms with E-state index in [-0.39, 0.29) is 5.56 Å². The Labute approximate surface area is 130 Å². The average Bonchev–Trinajstić information content (AvgIpc) is 2.82. The topological polar surface area (TPSA) is 107 Å². The van der Waals surface area contributed by atoms with Crippen LogP contribution in [0.15, 0.2) is 51.7 Å². The number of amides is 2. The molecule has 1 aromatic heterocycles. The fraction of sp³-hybridized carbons (Fsp3) is 0.0625. The fourth-order valence-electron chi connectivity index (χ4n) is 2.28. The smallest absolute Gasteiger partial charge is 0.408 e. The number of carbonyl (C=O) groups is 2. The minimum atomic E-state index is -0.634. The summed E-state index contributed by atoms with van der Waals surface area (Å²) in [6.45, 7) is 0. The van der Waals surface area contributed by atoms with Crippen molar-refractivity contribution in [2.24, 2.45) is 12.8 Å². The molecule has 0 unspecified atom stereocenters. The molecule has 0 spiro atoms. The third-order valence-electron chi connectivity index (χ3n) is 3.50. The molecular formula is C16H13N3O4. The lowest BCUT2D eigenvalue weighted by Gasteiger charge is -2.08. The Bertz CT molecular complexity index is 984. The number of aromatic nitrogens is 1. The summed E-state index contributed by atoms with van der Waals surface area (Å²) in [6, 6.07) is 11.1. The van der Waals surface area contributed by atoms with Gasteiger partial charge in [0.15, 0.2) is 5.58 Å². The van der Waals surface area contributed by atoms with E-state index in [1.54, 1.807) is 37.4 Å². The number of benzene rings is 2. The highest BCUT2D eigenvalue weighted by atomic mass is 16.4. The minimum absolute atomic E-state index is 0.216. The average molecular weight is 311 g/mol. The Hall–Kier alpha value is -3.35. The summed E-state index contributed by atoms with van der Waals surface area (Å²) in [7, 11) is 1.58. The van der Waals surface area contributed by atoms with Crippen LogP contribution in [0.4, 0.5) is 5.69 Å². The number of nitrogens with one attached hydrogen (secondary N) is 1. The molecule has 3 N–H and O–H groups in total. The van der Waals surface area contributed by atoms with Gasteiger partial charge in [-0.25, -0.2) is 4.79 Å². The molecular weight excluding hydrogens is 298 g/mol. The van der Waals surface area contributed by atoms with E-state index in [0.29, 0.717) is 22.4 Å². The summed E-state index contributed by atoms with van der Waals surface area (Å²) < 4.78 is 6.40. The molecule has 2 aromatic carbocycles. The number of nitrogens with zero attached hydrogens (tertiary/aromatic N) is 1. The summed E-state index contributed by atoms with van der Waals surface area (Å²) in [5, 5.41) is 2.63. The van der Waals surface area contributed by atoms with Crippen molar-refractivity contribution in [2.45, 2.75) is 0 Å². The summed E-state index contributed by atoms with van der Waals surface area (Å²) in [5.74, 6) is -1.57. The normalized spacial score (nSPS) is 10.7. The maximum absolute atomic E-state index is 12.3. The SMILES string of the molecule is Cn1c(=O)oc2cc(C(=O)Nc3ccccc3C(N)=O)ccc21. The lowest BCUT2D eigenvalue weighted by molar-refractivity contribution is 0.100. The van der Waals surface area contributed by atoms with Crippen LogP contribution in [-0.2, 0) is 7.05 Å². The van der Waals surface area contributed by atoms with E-state index in [1.807, 2.05) is 0 Å². The van der Waals surface area contributed by atoms with Crippen molar-refractivity contribution in [1.29, 1.82) is 0 Å². The third-order valence-corrected chi connectivity index (χ3v) is 3.50. The van der Waals surface area contributed by atoms with Crippen LogP contribution in [0.5, 0.6) is 0 Å². The minimum Gasteiger partial charge on any atom is -0.408 e. The second kappa shape index (κ2) is 5.45. The predicted octanol–water partition coefficient (Wildman–Crippen LogP) is 1.48. The number of aryl methyl sites for hydroxylation is 1. The number of rotatable bonds is 3. The van der Waals surface area contributed by atoms with Gasteiger partial charge in [-0.05, 0) is 30.3 Å². The van der Waals surface area contributed by atoms with Crippen molar-refractivity contribution >= 4 is 28.6 Å². The number of oxazole rings is 1. The molecule has 0 saturated heterocycles. The molecule has 7 nitrogen and oxygen atoms in total. The Morgan fingerprint density at radius 1 is 1.17 bits per heavy atom. The molecule has 0 atom stereocenters. The van der Waals surface area contributed by atoms with E-state index in [1.165, 1.54) is 16.7 Å². The fourth-order valence-corrected chi connectivity index (χ4v) is 2.28. The molecule has 0 radical (unpaired) electrons. The Morgan fingerprint density at radius 3 is 2.65 bits per heavy atom. The molecule has 3 rings (SSSR count). The van der Waals surface area contributed by atoms with Gasteiger partial charge in [0.05, 0.1) is 16.8 Å². The summed E-state index contributed by atoms with van der Waals surface area (Å²) in [4.78, 5) is 35.2. The van der Waals surface area contributed by atoms with Gasteiger partial charge in [0, 0.05) is 12.6 Å². The number of nitrogens with two attached hydrogens (primary N) is 1. The zero-order valence-electron chi connectivity index (χ0n) is 12.2. The highest BCUT2D eigenvalue weighted by Gasteiger charge is 2.14. The number of fused-ring (bicyclic) bond motifs is 1. The number of primary amides is 1. The van der Waals surface area contributed by atoms with Crippen LogP contribution in [0.3, 0.4) is 0 Å². The van der Waals surface area contributed by atoms with Crippen LogP contribution in [-0.4, -0.2) is 16.4 Å². The van der Waals surface area contributed by atoms with Gasteiger partial charge in [0.25, 0.3) is 11.8 Å². The van der Waals surface area contributed by atoms with Crippen molar-refractivity contribution in [2.75, 3.05) is 5.32 Å². The lowest BCUT2D eigenvalue weighted by atomic mass is 10.1. The Morgan fingerprint density at radius 2 is 1.91 bits per heavy atom. The predicted molar refractivity (Wildman–Crippen MR) is 84.4 cm³/mol. The molecule has 116 valence electrons. The molecule has 1 heterocycles. The molecule has 0 bridgehead atoms. The first kappa shape index (κ1) is 14.6. The van der Waals surface area contributed by atoms with Gasteiger partial charge < -0.3 is 15.5 Å². The van der Waals surface area contributed by atoms with E-state index >= 15 is 0 Å². The number of hydrogen-bond acceptors (Lipinski definition) is 4. The third kappa shape index (κ3) is 2.59. The largest absolute Gasteiger partial charge is 0.419 e. The number of hydrogen-bond donors (Lipinski definition) is 2. The van der Waals surface area contributed by atoms with Gasteiger partial charge in [-0.3, -0.25) is 14.2 Å². The van der Waals surface area contributed by atoms with E-state index < -0.39 is 17.6 Å². The van der Waals surface area contributed by atoms with Crippen molar-refractivity contribution in [3.63, 3.8) is 0 Å². The van der Waals surface area contributed by atoms with Crippen LogP contribution in [0, 0.1) is 0 Å². The van der Waals surface area contributed by atoms with Crippen molar-refractivity contribution in [3.8, 4) is 0 Å². The zero-order chi connectivity index (χ0) is 16.6. The van der Waals surface area contributed by atoms with Gasteiger partial charge in [-0.1, -0.05) is 12.1 Å². The van der Waals surface area contributed by atoms with Crippen LogP contribution >= 0.6 is 0 Å². The maximum atomic E-state index is 12.3. The van der Waals surface area contributed by atoms with Crippen LogP contribution in [0.1, 0.15) is 20.7 Å². The van der Waals surface area contributed by atoms with E-state index in [4.69, 9.17) is 10.2 Å². The molecule has 2 amide bonds. The molecule has 0 aliphatic heterocycles. The van der Waals surface area contributed by atoms with Crippen LogP contribution in [0.25, 0.3) is 11.1 Å². The van der Waals surface area contributed by atoms with Crippen molar-refractivity contribution < 1.29 is 14.0 Å². The number of carbonyl (C=O) groups excluding carboxylic acids is 2. The van der Waals surface area contributed by atoms with Crippen LogP contribution in [0.2, 0.25) is 0 Å². The monoisotopic (exact) mass is 311 g/mol. The van der Waals surface area contributed by atoms with Crippen LogP contribution < -0.4 is 16.8 Å². The first-order chi connectivity index (χ1) is 11.0. The van der Waals surface area contributed by atoms with Gasteiger partial charge in [-0.15, -0.1) is 0 Å². The molecule has 0 saturated carbocycles. The van der Waals surface area contributed by atoms with Crippen molar-refractivity contribution in [1.82, 2.24) is 4.57 Å². The quantitative estimate of drug-likeness (QED) is 0.764. The van der Waals surface area contributed by atoms with Gasteiger partial charge >= 0.3 is 5.76 Å². The molecule has 7 heteroatoms. The standard InChI is InChI=1S/C16H13N3O4/c1-19-12-7-6-9(8-13(12)23-16(19)22)15(21)18-11-5-3-2-4-10(11)14(17)20/h2-8H,1H3,(H2,17,20)(H,18,21). The van der Waals surface area contributed by atoms with E-state index in [2.05, 4.69) is 5.32 Å². The molecule has 0 fully saturated rings. The number of anilines is 1. The lowest BCUT2D eigenvalue weighted by Crippen LogP contribution is -2.18. The highest BCUT2D eigenvalue weighted by Crippen LogP contribution is 2.18. The van der Waals surface area contributed by atoms with Gasteiger partial charge in [0.2, 0.25) is 0 Å². The number of para-hydroxylation sites is 1. The first-order valence-corrected chi connectivity index (χ1v) is 6.77. The second-order valence-electron chi connectivity index (χ2n) is 4.97. The van der Waals surface area contributed by atoms with Crippen molar-refractivity contribution in [3.05, 3.63) is 64.1 Å². The van der Waals surface area contributed by atoms with E-state index in [0.717, 1.165) is 0 Å². The van der Waals surface area contributed by atoms with Gasteiger partial charge in [0.1, 0.15) is 0 Å². The maximum Gasteiger partial charge on any atom is 0.419 e. The Kier molecular flexibility index (Phi) is 3.46. The molecule has 0 aliphatic rings. The summed E-state index contributed by atoms with van der Waals surface area (Å²) in [5.41, 5.74) is 7.01. The summed E-state index contributed by atoms with van der Waals surface area (Å²) >= 11 is 0. The Balaban J connectivity index is 1.95. The summed E-state index contributed by atoms with van der Waals surface area (Å²) in [6.07, 6.45) is 0. The molecule has 0 aliphatic carbocycles.